The summed E-state index contributed by atoms with van der Waals surface area (Å²) in [6, 6.07) is 0.776. The van der Waals surface area contributed by atoms with E-state index in [0.717, 1.165) is 6.07 Å². The third-order valence-corrected chi connectivity index (χ3v) is 2.55. The number of hydrogen-bond acceptors (Lipinski definition) is 3. The van der Waals surface area contributed by atoms with Crippen molar-refractivity contribution in [3.63, 3.8) is 0 Å². The summed E-state index contributed by atoms with van der Waals surface area (Å²) in [5.41, 5.74) is 0.0489. The molecular weight excluding hydrogens is 255 g/mol. The molecule has 0 saturated carbocycles. The molecule has 14 heavy (non-hydrogen) atoms. The monoisotopic (exact) mass is 262 g/mol. The first-order valence-electron chi connectivity index (χ1n) is 3.81. The number of carbonyl (C=O) groups is 1. The Morgan fingerprint density at radius 3 is 2.64 bits per heavy atom. The van der Waals surface area contributed by atoms with E-state index in [4.69, 9.17) is 5.11 Å². The second-order valence-electron chi connectivity index (χ2n) is 2.90. The van der Waals surface area contributed by atoms with Gasteiger partial charge in [0, 0.05) is 18.1 Å². The maximum atomic E-state index is 13.2. The summed E-state index contributed by atoms with van der Waals surface area (Å²) in [7, 11) is 0. The molecule has 1 aromatic carbocycles. The van der Waals surface area contributed by atoms with Gasteiger partial charge in [0.1, 0.15) is 11.6 Å². The standard InChI is InChI=1S/C9H8BrFO3/c1-4(12)2-5-6(11)3-7(13)9(14)8(5)10/h3,13-14H,2H2,1H3. The van der Waals surface area contributed by atoms with Crippen molar-refractivity contribution in [2.45, 2.75) is 13.3 Å². The van der Waals surface area contributed by atoms with Crippen LogP contribution < -0.4 is 0 Å². The van der Waals surface area contributed by atoms with Gasteiger partial charge in [-0.1, -0.05) is 0 Å². The Labute approximate surface area is 88.3 Å². The molecule has 0 aliphatic heterocycles. The first-order chi connectivity index (χ1) is 6.43. The molecule has 0 amide bonds. The van der Waals surface area contributed by atoms with Gasteiger partial charge in [0.2, 0.25) is 0 Å². The van der Waals surface area contributed by atoms with E-state index in [-0.39, 0.29) is 22.2 Å². The van der Waals surface area contributed by atoms with Gasteiger partial charge in [0.25, 0.3) is 0 Å². The summed E-state index contributed by atoms with van der Waals surface area (Å²) >= 11 is 2.91. The third kappa shape index (κ3) is 2.04. The zero-order chi connectivity index (χ0) is 10.9. The summed E-state index contributed by atoms with van der Waals surface area (Å²) in [6.45, 7) is 1.32. The highest BCUT2D eigenvalue weighted by Gasteiger charge is 2.16. The highest BCUT2D eigenvalue weighted by atomic mass is 79.9. The highest BCUT2D eigenvalue weighted by molar-refractivity contribution is 9.10. The van der Waals surface area contributed by atoms with E-state index in [1.807, 2.05) is 0 Å². The summed E-state index contributed by atoms with van der Waals surface area (Å²) in [5, 5.41) is 18.3. The number of carbonyl (C=O) groups excluding carboxylic acids is 1. The molecule has 0 atom stereocenters. The molecule has 76 valence electrons. The van der Waals surface area contributed by atoms with E-state index in [9.17, 15) is 14.3 Å². The van der Waals surface area contributed by atoms with Crippen LogP contribution in [0.25, 0.3) is 0 Å². The van der Waals surface area contributed by atoms with E-state index in [2.05, 4.69) is 15.9 Å². The van der Waals surface area contributed by atoms with E-state index in [1.165, 1.54) is 6.92 Å². The lowest BCUT2D eigenvalue weighted by atomic mass is 10.1. The lowest BCUT2D eigenvalue weighted by Crippen LogP contribution is -2.00. The quantitative estimate of drug-likeness (QED) is 0.803. The number of phenols is 2. The normalized spacial score (nSPS) is 10.2. The number of rotatable bonds is 2. The molecule has 0 fully saturated rings. The molecule has 1 rings (SSSR count). The van der Waals surface area contributed by atoms with Gasteiger partial charge in [0.15, 0.2) is 11.5 Å². The summed E-state index contributed by atoms with van der Waals surface area (Å²) in [4.78, 5) is 10.8. The predicted molar refractivity (Wildman–Crippen MR) is 51.8 cm³/mol. The first kappa shape index (κ1) is 11.0. The average molecular weight is 263 g/mol. The highest BCUT2D eigenvalue weighted by Crippen LogP contribution is 2.37. The number of benzene rings is 1. The fraction of sp³-hybridized carbons (Fsp3) is 0.222. The van der Waals surface area contributed by atoms with Crippen LogP contribution in [-0.2, 0) is 11.2 Å². The van der Waals surface area contributed by atoms with E-state index in [1.54, 1.807) is 0 Å². The second kappa shape index (κ2) is 3.96. The van der Waals surface area contributed by atoms with Crippen molar-refractivity contribution in [2.24, 2.45) is 0 Å². The Hall–Kier alpha value is -1.10. The molecule has 0 spiro atoms. The molecule has 0 bridgehead atoms. The minimum absolute atomic E-state index is 0.0187. The Bertz CT molecular complexity index is 390. The van der Waals surface area contributed by atoms with Gasteiger partial charge < -0.3 is 10.2 Å². The van der Waals surface area contributed by atoms with Gasteiger partial charge in [-0.25, -0.2) is 4.39 Å². The fourth-order valence-corrected chi connectivity index (χ4v) is 1.58. The number of hydrogen-bond donors (Lipinski definition) is 2. The first-order valence-corrected chi connectivity index (χ1v) is 4.61. The molecule has 0 heterocycles. The van der Waals surface area contributed by atoms with Gasteiger partial charge in [-0.15, -0.1) is 0 Å². The minimum Gasteiger partial charge on any atom is -0.504 e. The summed E-state index contributed by atoms with van der Waals surface area (Å²) in [6.07, 6.45) is -0.125. The smallest absolute Gasteiger partial charge is 0.172 e. The van der Waals surface area contributed by atoms with Crippen LogP contribution in [0.4, 0.5) is 4.39 Å². The van der Waals surface area contributed by atoms with Crippen LogP contribution in [0.5, 0.6) is 11.5 Å². The molecule has 0 aliphatic rings. The molecule has 0 unspecified atom stereocenters. The molecule has 0 aromatic heterocycles. The van der Waals surface area contributed by atoms with Crippen LogP contribution in [0.1, 0.15) is 12.5 Å². The zero-order valence-electron chi connectivity index (χ0n) is 7.34. The molecule has 3 nitrogen and oxygen atoms in total. The van der Waals surface area contributed by atoms with Crippen molar-refractivity contribution in [1.29, 1.82) is 0 Å². The maximum absolute atomic E-state index is 13.2. The van der Waals surface area contributed by atoms with Crippen molar-refractivity contribution < 1.29 is 19.4 Å². The van der Waals surface area contributed by atoms with Crippen molar-refractivity contribution in [2.75, 3.05) is 0 Å². The van der Waals surface area contributed by atoms with Crippen molar-refractivity contribution in [3.05, 3.63) is 21.9 Å². The minimum atomic E-state index is -0.720. The second-order valence-corrected chi connectivity index (χ2v) is 3.69. The van der Waals surface area contributed by atoms with Crippen molar-refractivity contribution >= 4 is 21.7 Å². The van der Waals surface area contributed by atoms with Crippen LogP contribution in [0, 0.1) is 5.82 Å². The van der Waals surface area contributed by atoms with Crippen LogP contribution in [-0.4, -0.2) is 16.0 Å². The maximum Gasteiger partial charge on any atom is 0.172 e. The topological polar surface area (TPSA) is 57.5 Å². The Balaban J connectivity index is 3.29. The Kier molecular flexibility index (Phi) is 3.10. The van der Waals surface area contributed by atoms with Crippen molar-refractivity contribution in [3.8, 4) is 11.5 Å². The van der Waals surface area contributed by atoms with Crippen LogP contribution in [0.2, 0.25) is 0 Å². The number of halogens is 2. The predicted octanol–water partition coefficient (Wildman–Crippen LogP) is 2.13. The van der Waals surface area contributed by atoms with Crippen LogP contribution >= 0.6 is 15.9 Å². The van der Waals surface area contributed by atoms with Gasteiger partial charge >= 0.3 is 0 Å². The molecule has 2 N–H and O–H groups in total. The largest absolute Gasteiger partial charge is 0.504 e. The van der Waals surface area contributed by atoms with E-state index in [0.29, 0.717) is 0 Å². The number of Topliss-reactive ketones (excluding diaryl/α,β-unsaturated/α-hetero) is 1. The van der Waals surface area contributed by atoms with Gasteiger partial charge in [0.05, 0.1) is 4.47 Å². The summed E-state index contributed by atoms with van der Waals surface area (Å²) in [5.74, 6) is -1.96. The molecule has 0 radical (unpaired) electrons. The van der Waals surface area contributed by atoms with E-state index < -0.39 is 17.3 Å². The van der Waals surface area contributed by atoms with Crippen LogP contribution in [0.15, 0.2) is 10.5 Å². The molecule has 0 saturated heterocycles. The van der Waals surface area contributed by atoms with Gasteiger partial charge in [-0.2, -0.15) is 0 Å². The number of aromatic hydroxyl groups is 2. The lowest BCUT2D eigenvalue weighted by molar-refractivity contribution is -0.116. The van der Waals surface area contributed by atoms with E-state index >= 15 is 0 Å². The van der Waals surface area contributed by atoms with Gasteiger partial charge in [-0.3, -0.25) is 4.79 Å². The number of phenolic OH excluding ortho intramolecular Hbond substituents is 2. The molecular formula is C9H8BrFO3. The molecule has 1 aromatic rings. The number of ketones is 1. The van der Waals surface area contributed by atoms with Gasteiger partial charge in [-0.05, 0) is 22.9 Å². The lowest BCUT2D eigenvalue weighted by Gasteiger charge is -2.07. The third-order valence-electron chi connectivity index (χ3n) is 1.69. The Morgan fingerprint density at radius 2 is 2.14 bits per heavy atom. The Morgan fingerprint density at radius 1 is 1.57 bits per heavy atom. The zero-order valence-corrected chi connectivity index (χ0v) is 8.93. The molecule has 0 aliphatic carbocycles. The summed E-state index contributed by atoms with van der Waals surface area (Å²) < 4.78 is 13.2. The molecule has 5 heteroatoms. The van der Waals surface area contributed by atoms with Crippen LogP contribution in [0.3, 0.4) is 0 Å². The SMILES string of the molecule is CC(=O)Cc1c(F)cc(O)c(O)c1Br. The average Bonchev–Trinajstić information content (AvgIpc) is 2.09. The fourth-order valence-electron chi connectivity index (χ4n) is 1.05. The van der Waals surface area contributed by atoms with Crippen molar-refractivity contribution in [1.82, 2.24) is 0 Å².